The SMILES string of the molecule is CCCC(C(=O)N1CCC(N(C)C)CC1)C(N)=S. The first-order chi connectivity index (χ1) is 8.47. The zero-order valence-electron chi connectivity index (χ0n) is 11.7. The number of thiocarbonyl (C=S) groups is 1. The number of carbonyl (C=O) groups excluding carboxylic acids is 1. The number of likely N-dealkylation sites (tertiary alicyclic amines) is 1. The van der Waals surface area contributed by atoms with Crippen LogP contribution in [0.3, 0.4) is 0 Å². The van der Waals surface area contributed by atoms with Crippen LogP contribution in [0.15, 0.2) is 0 Å². The van der Waals surface area contributed by atoms with Crippen LogP contribution in [0.5, 0.6) is 0 Å². The number of nitrogens with zero attached hydrogens (tertiary/aromatic N) is 2. The predicted octanol–water partition coefficient (Wildman–Crippen LogP) is 1.24. The van der Waals surface area contributed by atoms with Crippen molar-refractivity contribution < 1.29 is 4.79 Å². The van der Waals surface area contributed by atoms with Crippen molar-refractivity contribution in [3.05, 3.63) is 0 Å². The number of nitrogens with two attached hydrogens (primary N) is 1. The molecule has 104 valence electrons. The molecule has 1 amide bonds. The number of hydrogen-bond acceptors (Lipinski definition) is 3. The third-order valence-corrected chi connectivity index (χ3v) is 4.01. The summed E-state index contributed by atoms with van der Waals surface area (Å²) in [5, 5.41) is 0. The Kier molecular flexibility index (Phi) is 6.02. The van der Waals surface area contributed by atoms with Gasteiger partial charge in [0.1, 0.15) is 0 Å². The first-order valence-corrected chi connectivity index (χ1v) is 7.12. The monoisotopic (exact) mass is 271 g/mol. The molecule has 1 atom stereocenters. The van der Waals surface area contributed by atoms with E-state index in [2.05, 4.69) is 25.9 Å². The summed E-state index contributed by atoms with van der Waals surface area (Å²) in [5.41, 5.74) is 5.68. The molecule has 0 aromatic rings. The summed E-state index contributed by atoms with van der Waals surface area (Å²) in [5.74, 6) is -0.137. The molecule has 4 nitrogen and oxygen atoms in total. The summed E-state index contributed by atoms with van der Waals surface area (Å²) in [4.78, 5) is 16.9. The highest BCUT2D eigenvalue weighted by atomic mass is 32.1. The summed E-state index contributed by atoms with van der Waals surface area (Å²) in [6.07, 6.45) is 3.77. The van der Waals surface area contributed by atoms with Crippen molar-refractivity contribution in [1.82, 2.24) is 9.80 Å². The highest BCUT2D eigenvalue weighted by Gasteiger charge is 2.29. The van der Waals surface area contributed by atoms with Gasteiger partial charge in [-0.15, -0.1) is 0 Å². The second-order valence-electron chi connectivity index (χ2n) is 5.26. The van der Waals surface area contributed by atoms with Crippen molar-refractivity contribution in [2.45, 2.75) is 38.6 Å². The first-order valence-electron chi connectivity index (χ1n) is 6.71. The topological polar surface area (TPSA) is 49.6 Å². The van der Waals surface area contributed by atoms with Crippen LogP contribution < -0.4 is 5.73 Å². The normalized spacial score (nSPS) is 19.0. The first kappa shape index (κ1) is 15.4. The lowest BCUT2D eigenvalue weighted by atomic mass is 9.98. The predicted molar refractivity (Wildman–Crippen MR) is 78.5 cm³/mol. The second kappa shape index (κ2) is 7.04. The van der Waals surface area contributed by atoms with Crippen LogP contribution in [-0.4, -0.2) is 53.9 Å². The molecule has 0 spiro atoms. The molecule has 2 N–H and O–H groups in total. The Labute approximate surface area is 115 Å². The minimum absolute atomic E-state index is 0.126. The van der Waals surface area contributed by atoms with Crippen molar-refractivity contribution in [2.24, 2.45) is 11.7 Å². The highest BCUT2D eigenvalue weighted by Crippen LogP contribution is 2.18. The van der Waals surface area contributed by atoms with E-state index in [4.69, 9.17) is 18.0 Å². The number of amides is 1. The number of piperidine rings is 1. The van der Waals surface area contributed by atoms with E-state index in [9.17, 15) is 4.79 Å². The van der Waals surface area contributed by atoms with Gasteiger partial charge in [-0.1, -0.05) is 25.6 Å². The molecular formula is C13H25N3OS. The molecule has 1 aliphatic rings. The molecule has 1 saturated heterocycles. The highest BCUT2D eigenvalue weighted by molar-refractivity contribution is 7.80. The van der Waals surface area contributed by atoms with Gasteiger partial charge < -0.3 is 15.5 Å². The third kappa shape index (κ3) is 3.92. The molecule has 18 heavy (non-hydrogen) atoms. The second-order valence-corrected chi connectivity index (χ2v) is 5.74. The van der Waals surface area contributed by atoms with E-state index >= 15 is 0 Å². The Balaban J connectivity index is 2.55. The van der Waals surface area contributed by atoms with Gasteiger partial charge in [0, 0.05) is 19.1 Å². The molecule has 0 aromatic heterocycles. The third-order valence-electron chi connectivity index (χ3n) is 3.73. The quantitative estimate of drug-likeness (QED) is 0.764. The molecule has 0 bridgehead atoms. The van der Waals surface area contributed by atoms with Gasteiger partial charge in [0.25, 0.3) is 0 Å². The zero-order chi connectivity index (χ0) is 13.7. The molecule has 5 heteroatoms. The Morgan fingerprint density at radius 1 is 1.44 bits per heavy atom. The van der Waals surface area contributed by atoms with Gasteiger partial charge in [0.2, 0.25) is 5.91 Å². The van der Waals surface area contributed by atoms with Gasteiger partial charge in [0.15, 0.2) is 0 Å². The lowest BCUT2D eigenvalue weighted by Crippen LogP contribution is -2.48. The van der Waals surface area contributed by atoms with Crippen molar-refractivity contribution in [1.29, 1.82) is 0 Å². The molecule has 1 fully saturated rings. The van der Waals surface area contributed by atoms with Gasteiger partial charge in [0.05, 0.1) is 10.9 Å². The van der Waals surface area contributed by atoms with Crippen molar-refractivity contribution in [2.75, 3.05) is 27.2 Å². The van der Waals surface area contributed by atoms with Crippen LogP contribution >= 0.6 is 12.2 Å². The Bertz CT molecular complexity index is 299. The van der Waals surface area contributed by atoms with Crippen LogP contribution in [0.25, 0.3) is 0 Å². The summed E-state index contributed by atoms with van der Waals surface area (Å²) in [6.45, 7) is 3.70. The van der Waals surface area contributed by atoms with E-state index in [1.54, 1.807) is 0 Å². The Morgan fingerprint density at radius 2 is 2.00 bits per heavy atom. The molecule has 0 aliphatic carbocycles. The van der Waals surface area contributed by atoms with E-state index in [0.717, 1.165) is 38.8 Å². The molecule has 1 aliphatic heterocycles. The molecule has 1 unspecified atom stereocenters. The van der Waals surface area contributed by atoms with E-state index < -0.39 is 0 Å². The maximum absolute atomic E-state index is 12.4. The maximum Gasteiger partial charge on any atom is 0.232 e. The fourth-order valence-corrected chi connectivity index (χ4v) is 2.72. The Hall–Kier alpha value is -0.680. The number of hydrogen-bond donors (Lipinski definition) is 1. The lowest BCUT2D eigenvalue weighted by Gasteiger charge is -2.36. The van der Waals surface area contributed by atoms with E-state index in [1.165, 1.54) is 0 Å². The van der Waals surface area contributed by atoms with E-state index in [0.29, 0.717) is 11.0 Å². The van der Waals surface area contributed by atoms with Crippen molar-refractivity contribution in [3.63, 3.8) is 0 Å². The largest absolute Gasteiger partial charge is 0.393 e. The summed E-state index contributed by atoms with van der Waals surface area (Å²) in [6, 6.07) is 0.587. The lowest BCUT2D eigenvalue weighted by molar-refractivity contribution is -0.135. The zero-order valence-corrected chi connectivity index (χ0v) is 12.5. The molecule has 0 saturated carbocycles. The molecule has 1 heterocycles. The van der Waals surface area contributed by atoms with Gasteiger partial charge in [-0.25, -0.2) is 0 Å². The van der Waals surface area contributed by atoms with Crippen LogP contribution in [0.2, 0.25) is 0 Å². The van der Waals surface area contributed by atoms with Gasteiger partial charge in [-0.05, 0) is 33.4 Å². The maximum atomic E-state index is 12.4. The summed E-state index contributed by atoms with van der Waals surface area (Å²) >= 11 is 5.01. The standard InChI is InChI=1S/C13H25N3OS/c1-4-5-11(12(14)18)13(17)16-8-6-10(7-9-16)15(2)3/h10-11H,4-9H2,1-3H3,(H2,14,18). The van der Waals surface area contributed by atoms with Gasteiger partial charge in [-0.3, -0.25) is 4.79 Å². The van der Waals surface area contributed by atoms with E-state index in [1.807, 2.05) is 4.90 Å². The minimum atomic E-state index is -0.263. The summed E-state index contributed by atoms with van der Waals surface area (Å²) < 4.78 is 0. The molecular weight excluding hydrogens is 246 g/mol. The van der Waals surface area contributed by atoms with Crippen molar-refractivity contribution in [3.8, 4) is 0 Å². The van der Waals surface area contributed by atoms with Crippen LogP contribution in [0.1, 0.15) is 32.6 Å². The number of carbonyl (C=O) groups is 1. The average molecular weight is 271 g/mol. The molecule has 0 radical (unpaired) electrons. The smallest absolute Gasteiger partial charge is 0.232 e. The van der Waals surface area contributed by atoms with Crippen molar-refractivity contribution >= 4 is 23.1 Å². The van der Waals surface area contributed by atoms with Crippen LogP contribution in [0.4, 0.5) is 0 Å². The minimum Gasteiger partial charge on any atom is -0.393 e. The Morgan fingerprint density at radius 3 is 2.39 bits per heavy atom. The van der Waals surface area contributed by atoms with E-state index in [-0.39, 0.29) is 11.8 Å². The van der Waals surface area contributed by atoms with Gasteiger partial charge in [-0.2, -0.15) is 0 Å². The molecule has 0 aromatic carbocycles. The van der Waals surface area contributed by atoms with Crippen LogP contribution in [0, 0.1) is 5.92 Å². The van der Waals surface area contributed by atoms with Gasteiger partial charge >= 0.3 is 0 Å². The number of rotatable bonds is 5. The average Bonchev–Trinajstić information content (AvgIpc) is 2.35. The fourth-order valence-electron chi connectivity index (χ4n) is 2.50. The fraction of sp³-hybridized carbons (Fsp3) is 0.846. The van der Waals surface area contributed by atoms with Crippen LogP contribution in [-0.2, 0) is 4.79 Å². The summed E-state index contributed by atoms with van der Waals surface area (Å²) in [7, 11) is 4.19. The molecule has 1 rings (SSSR count).